The minimum absolute atomic E-state index is 0.0515. The summed E-state index contributed by atoms with van der Waals surface area (Å²) in [6, 6.07) is 14.0. The van der Waals surface area contributed by atoms with E-state index in [4.69, 9.17) is 14.2 Å². The predicted octanol–water partition coefficient (Wildman–Crippen LogP) is 3.70. The van der Waals surface area contributed by atoms with Crippen molar-refractivity contribution in [1.82, 2.24) is 9.80 Å². The van der Waals surface area contributed by atoms with Crippen LogP contribution >= 0.6 is 0 Å². The number of amides is 3. The van der Waals surface area contributed by atoms with E-state index < -0.39 is 0 Å². The van der Waals surface area contributed by atoms with Gasteiger partial charge in [-0.05, 0) is 50.1 Å². The quantitative estimate of drug-likeness (QED) is 0.639. The molecule has 1 N–H and O–H groups in total. The number of fused-ring (bicyclic) bond motifs is 1. The van der Waals surface area contributed by atoms with E-state index in [1.54, 1.807) is 37.3 Å². The molecule has 210 valence electrons. The minimum atomic E-state index is -0.294. The number of methoxy groups -OCH3 is 1. The van der Waals surface area contributed by atoms with Gasteiger partial charge in [0.25, 0.3) is 11.8 Å². The fraction of sp³-hybridized carbons (Fsp3) is 0.500. The van der Waals surface area contributed by atoms with E-state index in [0.29, 0.717) is 61.7 Å². The molecule has 0 aliphatic carbocycles. The summed E-state index contributed by atoms with van der Waals surface area (Å²) in [5.41, 5.74) is 1.49. The molecule has 0 unspecified atom stereocenters. The molecule has 1 saturated heterocycles. The van der Waals surface area contributed by atoms with Crippen molar-refractivity contribution in [2.24, 2.45) is 11.8 Å². The average Bonchev–Trinajstić information content (AvgIpc) is 2.97. The van der Waals surface area contributed by atoms with E-state index in [1.165, 1.54) is 0 Å². The molecule has 39 heavy (non-hydrogen) atoms. The molecule has 2 aliphatic heterocycles. The van der Waals surface area contributed by atoms with Crippen LogP contribution in [0.4, 0.5) is 5.69 Å². The maximum Gasteiger partial charge on any atom is 0.257 e. The lowest BCUT2D eigenvalue weighted by atomic mass is 9.99. The monoisotopic (exact) mass is 537 g/mol. The second kappa shape index (κ2) is 13.1. The summed E-state index contributed by atoms with van der Waals surface area (Å²) in [6.07, 6.45) is 1.06. The first-order chi connectivity index (χ1) is 18.8. The van der Waals surface area contributed by atoms with Crippen molar-refractivity contribution in [3.63, 3.8) is 0 Å². The van der Waals surface area contributed by atoms with Gasteiger partial charge in [-0.25, -0.2) is 0 Å². The van der Waals surface area contributed by atoms with Crippen molar-refractivity contribution in [1.29, 1.82) is 0 Å². The van der Waals surface area contributed by atoms with E-state index in [0.717, 1.165) is 0 Å². The smallest absolute Gasteiger partial charge is 0.257 e. The van der Waals surface area contributed by atoms with Gasteiger partial charge in [0.05, 0.1) is 17.7 Å². The lowest BCUT2D eigenvalue weighted by Gasteiger charge is -2.36. The highest BCUT2D eigenvalue weighted by atomic mass is 16.5. The molecule has 0 aromatic heterocycles. The second-order valence-electron chi connectivity index (χ2n) is 10.5. The molecule has 9 heteroatoms. The number of rotatable bonds is 4. The molecule has 2 aliphatic rings. The van der Waals surface area contributed by atoms with Crippen LogP contribution in [0.15, 0.2) is 48.5 Å². The van der Waals surface area contributed by atoms with Gasteiger partial charge in [0.15, 0.2) is 0 Å². The molecule has 0 saturated carbocycles. The average molecular weight is 538 g/mol. The number of hydrogen-bond acceptors (Lipinski definition) is 6. The Morgan fingerprint density at radius 3 is 2.44 bits per heavy atom. The SMILES string of the molecule is CO[C@@H]1CN(C)C(=O)c2cc(NC(=O)C3CCOCC3)ccc2OC[C@H](C)N(C(=O)c2ccccc2)C[C@@H]1C. The number of anilines is 1. The Morgan fingerprint density at radius 2 is 1.74 bits per heavy atom. The van der Waals surface area contributed by atoms with Gasteiger partial charge in [-0.2, -0.15) is 0 Å². The highest BCUT2D eigenvalue weighted by Gasteiger charge is 2.31. The molecule has 0 spiro atoms. The zero-order chi connectivity index (χ0) is 27.9. The first kappa shape index (κ1) is 28.6. The van der Waals surface area contributed by atoms with Gasteiger partial charge in [0.2, 0.25) is 5.91 Å². The number of benzene rings is 2. The van der Waals surface area contributed by atoms with Crippen LogP contribution in [-0.2, 0) is 14.3 Å². The number of nitrogens with zero attached hydrogens (tertiary/aromatic N) is 2. The summed E-state index contributed by atoms with van der Waals surface area (Å²) in [7, 11) is 3.35. The summed E-state index contributed by atoms with van der Waals surface area (Å²) in [5, 5.41) is 2.96. The Morgan fingerprint density at radius 1 is 1.03 bits per heavy atom. The maximum absolute atomic E-state index is 13.6. The van der Waals surface area contributed by atoms with E-state index in [9.17, 15) is 14.4 Å². The third-order valence-corrected chi connectivity index (χ3v) is 7.59. The third-order valence-electron chi connectivity index (χ3n) is 7.59. The zero-order valence-corrected chi connectivity index (χ0v) is 23.2. The normalized spacial score (nSPS) is 23.2. The summed E-state index contributed by atoms with van der Waals surface area (Å²) in [4.78, 5) is 43.4. The van der Waals surface area contributed by atoms with Gasteiger partial charge >= 0.3 is 0 Å². The number of hydrogen-bond donors (Lipinski definition) is 1. The number of ether oxygens (including phenoxy) is 3. The van der Waals surface area contributed by atoms with E-state index in [-0.39, 0.29) is 48.3 Å². The number of carbonyl (C=O) groups is 3. The largest absolute Gasteiger partial charge is 0.491 e. The van der Waals surface area contributed by atoms with Crippen LogP contribution in [0.1, 0.15) is 47.4 Å². The number of likely N-dealkylation sites (N-methyl/N-ethyl adjacent to an activating group) is 1. The Hall–Kier alpha value is -3.43. The third kappa shape index (κ3) is 6.96. The molecule has 3 atom stereocenters. The fourth-order valence-corrected chi connectivity index (χ4v) is 5.09. The van der Waals surface area contributed by atoms with Gasteiger partial charge in [-0.15, -0.1) is 0 Å². The van der Waals surface area contributed by atoms with Crippen LogP contribution in [0.3, 0.4) is 0 Å². The molecule has 2 heterocycles. The van der Waals surface area contributed by atoms with Crippen molar-refractivity contribution >= 4 is 23.4 Å². The Kier molecular flexibility index (Phi) is 9.59. The zero-order valence-electron chi connectivity index (χ0n) is 23.2. The Labute approximate surface area is 230 Å². The Bertz CT molecular complexity index is 1150. The molecular formula is C30H39N3O6. The van der Waals surface area contributed by atoms with Crippen LogP contribution in [0.25, 0.3) is 0 Å². The van der Waals surface area contributed by atoms with Crippen LogP contribution in [-0.4, -0.2) is 86.7 Å². The van der Waals surface area contributed by atoms with Gasteiger partial charge < -0.3 is 29.3 Å². The molecule has 1 fully saturated rings. The summed E-state index contributed by atoms with van der Waals surface area (Å²) in [6.45, 7) is 6.08. The summed E-state index contributed by atoms with van der Waals surface area (Å²) < 4.78 is 17.3. The van der Waals surface area contributed by atoms with Crippen LogP contribution in [0.5, 0.6) is 5.75 Å². The molecule has 2 aromatic rings. The van der Waals surface area contributed by atoms with Crippen molar-refractivity contribution in [3.05, 3.63) is 59.7 Å². The molecule has 3 amide bonds. The Balaban J connectivity index is 1.62. The molecule has 4 rings (SSSR count). The van der Waals surface area contributed by atoms with Crippen LogP contribution in [0.2, 0.25) is 0 Å². The molecular weight excluding hydrogens is 498 g/mol. The number of carbonyl (C=O) groups excluding carboxylic acids is 3. The highest BCUT2D eigenvalue weighted by Crippen LogP contribution is 2.28. The number of nitrogens with one attached hydrogen (secondary N) is 1. The topological polar surface area (TPSA) is 97.4 Å². The minimum Gasteiger partial charge on any atom is -0.491 e. The van der Waals surface area contributed by atoms with E-state index in [2.05, 4.69) is 5.32 Å². The molecule has 0 bridgehead atoms. The van der Waals surface area contributed by atoms with E-state index >= 15 is 0 Å². The summed E-state index contributed by atoms with van der Waals surface area (Å²) >= 11 is 0. The van der Waals surface area contributed by atoms with E-state index in [1.807, 2.05) is 49.1 Å². The van der Waals surface area contributed by atoms with Crippen LogP contribution in [0, 0.1) is 11.8 Å². The maximum atomic E-state index is 13.6. The van der Waals surface area contributed by atoms with Gasteiger partial charge in [0, 0.05) is 63.5 Å². The predicted molar refractivity (Wildman–Crippen MR) is 148 cm³/mol. The van der Waals surface area contributed by atoms with Crippen molar-refractivity contribution in [3.8, 4) is 5.75 Å². The molecule has 2 aromatic carbocycles. The highest BCUT2D eigenvalue weighted by molar-refractivity contribution is 6.00. The standard InChI is InChI=1S/C30H39N3O6/c1-20-17-33(29(35)23-8-6-5-7-9-23)21(2)19-39-26-11-10-24(31-28(34)22-12-14-38-15-13-22)16-25(26)30(36)32(3)18-27(20)37-4/h5-11,16,20-22,27H,12-15,17-19H2,1-4H3,(H,31,34)/t20-,21-,27+/m0/s1. The van der Waals surface area contributed by atoms with Gasteiger partial charge in [-0.3, -0.25) is 14.4 Å². The first-order valence-electron chi connectivity index (χ1n) is 13.6. The molecule has 9 nitrogen and oxygen atoms in total. The van der Waals surface area contributed by atoms with Crippen molar-refractivity contribution in [2.45, 2.75) is 38.8 Å². The molecule has 0 radical (unpaired) electrons. The van der Waals surface area contributed by atoms with Crippen LogP contribution < -0.4 is 10.1 Å². The van der Waals surface area contributed by atoms with Crippen molar-refractivity contribution < 1.29 is 28.6 Å². The summed E-state index contributed by atoms with van der Waals surface area (Å²) in [5.74, 6) is -0.160. The lowest BCUT2D eigenvalue weighted by molar-refractivity contribution is -0.122. The van der Waals surface area contributed by atoms with Gasteiger partial charge in [-0.1, -0.05) is 25.1 Å². The first-order valence-corrected chi connectivity index (χ1v) is 13.6. The van der Waals surface area contributed by atoms with Crippen molar-refractivity contribution in [2.75, 3.05) is 52.4 Å². The lowest BCUT2D eigenvalue weighted by Crippen LogP contribution is -2.48. The fourth-order valence-electron chi connectivity index (χ4n) is 5.09. The van der Waals surface area contributed by atoms with Gasteiger partial charge in [0.1, 0.15) is 12.4 Å². The second-order valence-corrected chi connectivity index (χ2v) is 10.5.